The average Bonchev–Trinajstić information content (AvgIpc) is 2.74. The van der Waals surface area contributed by atoms with Crippen LogP contribution in [0.5, 0.6) is 0 Å². The van der Waals surface area contributed by atoms with E-state index in [0.717, 1.165) is 36.5 Å². The molecule has 3 heteroatoms. The number of hydrogen-bond donors (Lipinski definition) is 1. The van der Waals surface area contributed by atoms with Gasteiger partial charge in [0.05, 0.1) is 6.10 Å². The molecule has 2 rings (SSSR count). The minimum atomic E-state index is 0.142. The third kappa shape index (κ3) is 3.21. The number of rotatable bonds is 4. The fourth-order valence-corrected chi connectivity index (χ4v) is 2.41. The Balaban J connectivity index is 1.86. The van der Waals surface area contributed by atoms with E-state index in [1.54, 1.807) is 0 Å². The second-order valence-corrected chi connectivity index (χ2v) is 4.83. The highest BCUT2D eigenvalue weighted by Crippen LogP contribution is 2.20. The van der Waals surface area contributed by atoms with Crippen molar-refractivity contribution < 1.29 is 4.74 Å². The molecule has 1 aliphatic rings. The van der Waals surface area contributed by atoms with Crippen LogP contribution in [0.4, 0.5) is 0 Å². The third-order valence-corrected chi connectivity index (χ3v) is 3.40. The molecule has 1 heterocycles. The summed E-state index contributed by atoms with van der Waals surface area (Å²) in [6.07, 6.45) is 4.45. The van der Waals surface area contributed by atoms with Gasteiger partial charge in [-0.25, -0.2) is 0 Å². The molecule has 0 spiro atoms. The van der Waals surface area contributed by atoms with Gasteiger partial charge >= 0.3 is 0 Å². The van der Waals surface area contributed by atoms with Crippen LogP contribution in [0.2, 0.25) is 5.02 Å². The Kier molecular flexibility index (Phi) is 4.22. The van der Waals surface area contributed by atoms with E-state index in [2.05, 4.69) is 0 Å². The Hall–Kier alpha value is -0.570. The summed E-state index contributed by atoms with van der Waals surface area (Å²) in [5, 5.41) is 0.810. The lowest BCUT2D eigenvalue weighted by atomic mass is 10.0. The summed E-state index contributed by atoms with van der Waals surface area (Å²) in [5.74, 6) is 0. The molecule has 1 aromatic rings. The van der Waals surface area contributed by atoms with Crippen LogP contribution in [-0.4, -0.2) is 18.8 Å². The van der Waals surface area contributed by atoms with Crippen molar-refractivity contribution in [3.05, 3.63) is 34.9 Å². The maximum atomic E-state index is 6.12. The molecule has 0 bridgehead atoms. The van der Waals surface area contributed by atoms with Crippen LogP contribution in [-0.2, 0) is 11.2 Å². The van der Waals surface area contributed by atoms with Crippen molar-refractivity contribution >= 4 is 11.6 Å². The topological polar surface area (TPSA) is 35.2 Å². The van der Waals surface area contributed by atoms with Gasteiger partial charge in [-0.2, -0.15) is 0 Å². The maximum absolute atomic E-state index is 6.12. The third-order valence-electron chi connectivity index (χ3n) is 3.03. The normalized spacial score (nSPS) is 22.2. The van der Waals surface area contributed by atoms with Gasteiger partial charge in [-0.3, -0.25) is 0 Å². The predicted octanol–water partition coefficient (Wildman–Crippen LogP) is 2.78. The first-order chi connectivity index (χ1) is 7.75. The van der Waals surface area contributed by atoms with E-state index in [1.807, 2.05) is 24.3 Å². The lowest BCUT2D eigenvalue weighted by Crippen LogP contribution is -2.28. The van der Waals surface area contributed by atoms with Crippen LogP contribution in [0.15, 0.2) is 24.3 Å². The molecule has 2 unspecified atom stereocenters. The standard InChI is InChI=1S/C13H18ClNO/c14-13-6-2-1-4-10(13)8-11(15)9-12-5-3-7-16-12/h1-2,4,6,11-12H,3,5,7-9,15H2. The zero-order chi connectivity index (χ0) is 11.4. The second-order valence-electron chi connectivity index (χ2n) is 4.43. The van der Waals surface area contributed by atoms with Crippen LogP contribution < -0.4 is 5.73 Å². The second kappa shape index (κ2) is 5.67. The molecule has 0 amide bonds. The summed E-state index contributed by atoms with van der Waals surface area (Å²) in [7, 11) is 0. The molecule has 88 valence electrons. The quantitative estimate of drug-likeness (QED) is 0.877. The molecule has 2 nitrogen and oxygen atoms in total. The van der Waals surface area contributed by atoms with Crippen molar-refractivity contribution in [3.63, 3.8) is 0 Å². The first-order valence-corrected chi connectivity index (χ1v) is 6.24. The molecule has 0 radical (unpaired) electrons. The summed E-state index contributed by atoms with van der Waals surface area (Å²) in [5.41, 5.74) is 7.25. The van der Waals surface area contributed by atoms with E-state index in [4.69, 9.17) is 22.1 Å². The highest BCUT2D eigenvalue weighted by atomic mass is 35.5. The fraction of sp³-hybridized carbons (Fsp3) is 0.538. The van der Waals surface area contributed by atoms with Crippen molar-refractivity contribution in [2.75, 3.05) is 6.61 Å². The van der Waals surface area contributed by atoms with Crippen LogP contribution >= 0.6 is 11.6 Å². The Bertz CT molecular complexity index is 336. The van der Waals surface area contributed by atoms with Crippen molar-refractivity contribution in [3.8, 4) is 0 Å². The number of hydrogen-bond acceptors (Lipinski definition) is 2. The zero-order valence-corrected chi connectivity index (χ0v) is 10.1. The van der Waals surface area contributed by atoms with E-state index >= 15 is 0 Å². The minimum Gasteiger partial charge on any atom is -0.378 e. The number of halogens is 1. The van der Waals surface area contributed by atoms with E-state index < -0.39 is 0 Å². The highest BCUT2D eigenvalue weighted by Gasteiger charge is 2.19. The number of ether oxygens (including phenoxy) is 1. The zero-order valence-electron chi connectivity index (χ0n) is 9.36. The van der Waals surface area contributed by atoms with Gasteiger partial charge in [0.15, 0.2) is 0 Å². The molecule has 1 saturated heterocycles. The molecule has 1 aromatic carbocycles. The van der Waals surface area contributed by atoms with Gasteiger partial charge in [-0.1, -0.05) is 29.8 Å². The SMILES string of the molecule is NC(Cc1ccccc1Cl)CC1CCCO1. The lowest BCUT2D eigenvalue weighted by molar-refractivity contribution is 0.0983. The Morgan fingerprint density at radius 2 is 2.25 bits per heavy atom. The van der Waals surface area contributed by atoms with Gasteiger partial charge in [0, 0.05) is 17.7 Å². The van der Waals surface area contributed by atoms with Gasteiger partial charge in [-0.15, -0.1) is 0 Å². The van der Waals surface area contributed by atoms with Crippen molar-refractivity contribution in [2.45, 2.75) is 37.8 Å². The smallest absolute Gasteiger partial charge is 0.0590 e. The van der Waals surface area contributed by atoms with Gasteiger partial charge in [0.25, 0.3) is 0 Å². The summed E-state index contributed by atoms with van der Waals surface area (Å²) in [6, 6.07) is 8.04. The van der Waals surface area contributed by atoms with E-state index in [9.17, 15) is 0 Å². The monoisotopic (exact) mass is 239 g/mol. The summed E-state index contributed by atoms with van der Waals surface area (Å²) >= 11 is 6.10. The number of benzene rings is 1. The summed E-state index contributed by atoms with van der Waals surface area (Å²) in [4.78, 5) is 0. The molecule has 2 N–H and O–H groups in total. The fourth-order valence-electron chi connectivity index (χ4n) is 2.20. The van der Waals surface area contributed by atoms with Gasteiger partial charge in [-0.05, 0) is 37.3 Å². The van der Waals surface area contributed by atoms with Crippen LogP contribution in [0.1, 0.15) is 24.8 Å². The van der Waals surface area contributed by atoms with E-state index in [1.165, 1.54) is 6.42 Å². The predicted molar refractivity (Wildman–Crippen MR) is 66.7 cm³/mol. The molecular formula is C13H18ClNO. The van der Waals surface area contributed by atoms with Gasteiger partial charge < -0.3 is 10.5 Å². The van der Waals surface area contributed by atoms with Crippen LogP contribution in [0.25, 0.3) is 0 Å². The average molecular weight is 240 g/mol. The van der Waals surface area contributed by atoms with Crippen LogP contribution in [0.3, 0.4) is 0 Å². The first-order valence-electron chi connectivity index (χ1n) is 5.86. The minimum absolute atomic E-state index is 0.142. The van der Waals surface area contributed by atoms with Crippen molar-refractivity contribution in [1.29, 1.82) is 0 Å². The summed E-state index contributed by atoms with van der Waals surface area (Å²) < 4.78 is 5.58. The molecule has 1 aliphatic heterocycles. The van der Waals surface area contributed by atoms with E-state index in [0.29, 0.717) is 6.10 Å². The molecule has 1 fully saturated rings. The maximum Gasteiger partial charge on any atom is 0.0590 e. The summed E-state index contributed by atoms with van der Waals surface area (Å²) in [6.45, 7) is 0.892. The lowest BCUT2D eigenvalue weighted by Gasteiger charge is -2.16. The van der Waals surface area contributed by atoms with E-state index in [-0.39, 0.29) is 6.04 Å². The molecule has 0 aliphatic carbocycles. The molecule has 2 atom stereocenters. The van der Waals surface area contributed by atoms with Gasteiger partial charge in [0.2, 0.25) is 0 Å². The molecule has 0 saturated carbocycles. The Morgan fingerprint density at radius 3 is 2.94 bits per heavy atom. The van der Waals surface area contributed by atoms with Gasteiger partial charge in [0.1, 0.15) is 0 Å². The highest BCUT2D eigenvalue weighted by molar-refractivity contribution is 6.31. The number of nitrogens with two attached hydrogens (primary N) is 1. The van der Waals surface area contributed by atoms with Crippen molar-refractivity contribution in [2.24, 2.45) is 5.73 Å². The molecule has 0 aromatic heterocycles. The Morgan fingerprint density at radius 1 is 1.44 bits per heavy atom. The molecule has 16 heavy (non-hydrogen) atoms. The van der Waals surface area contributed by atoms with Crippen LogP contribution in [0, 0.1) is 0 Å². The Labute approximate surface area is 102 Å². The molecular weight excluding hydrogens is 222 g/mol. The largest absolute Gasteiger partial charge is 0.378 e. The van der Waals surface area contributed by atoms with Crippen molar-refractivity contribution in [1.82, 2.24) is 0 Å². The first kappa shape index (κ1) is 11.9.